The number of para-hydroxylation sites is 1. The Bertz CT molecular complexity index is 809. The smallest absolute Gasteiger partial charge is 0.203 e. The Morgan fingerprint density at radius 2 is 1.50 bits per heavy atom. The lowest BCUT2D eigenvalue weighted by molar-refractivity contribution is 0.325. The van der Waals surface area contributed by atoms with Gasteiger partial charge < -0.3 is 14.2 Å². The number of ether oxygens (including phenoxy) is 3. The quantitative estimate of drug-likeness (QED) is 0.731. The van der Waals surface area contributed by atoms with E-state index >= 15 is 0 Å². The number of benzene rings is 2. The highest BCUT2D eigenvalue weighted by molar-refractivity contribution is 5.96. The molecule has 2 aromatic carbocycles. The van der Waals surface area contributed by atoms with E-state index in [-0.39, 0.29) is 0 Å². The Labute approximate surface area is 129 Å². The molecule has 22 heavy (non-hydrogen) atoms. The highest BCUT2D eigenvalue weighted by Gasteiger charge is 2.18. The highest BCUT2D eigenvalue weighted by Crippen LogP contribution is 2.45. The van der Waals surface area contributed by atoms with Gasteiger partial charge in [-0.2, -0.15) is 0 Å². The van der Waals surface area contributed by atoms with Crippen molar-refractivity contribution in [1.82, 2.24) is 4.98 Å². The number of hydrogen-bond donors (Lipinski definition) is 0. The summed E-state index contributed by atoms with van der Waals surface area (Å²) < 4.78 is 16.4. The topological polar surface area (TPSA) is 40.6 Å². The minimum atomic E-state index is 0.586. The number of rotatable bonds is 4. The van der Waals surface area contributed by atoms with Crippen LogP contribution in [0.3, 0.4) is 0 Å². The third kappa shape index (κ3) is 2.22. The van der Waals surface area contributed by atoms with Gasteiger partial charge in [0.15, 0.2) is 11.5 Å². The molecular formula is C18H17NO3. The van der Waals surface area contributed by atoms with Gasteiger partial charge in [0, 0.05) is 17.1 Å². The van der Waals surface area contributed by atoms with Gasteiger partial charge in [-0.05, 0) is 29.8 Å². The lowest BCUT2D eigenvalue weighted by Crippen LogP contribution is -1.97. The molecule has 0 fully saturated rings. The molecule has 3 aromatic rings. The highest BCUT2D eigenvalue weighted by atomic mass is 16.5. The first-order valence-corrected chi connectivity index (χ1v) is 6.93. The molecule has 0 spiro atoms. The molecule has 0 atom stereocenters. The fourth-order valence-electron chi connectivity index (χ4n) is 2.64. The number of aromatic nitrogens is 1. The molecule has 4 nitrogen and oxygen atoms in total. The van der Waals surface area contributed by atoms with Crippen molar-refractivity contribution in [1.29, 1.82) is 0 Å². The van der Waals surface area contributed by atoms with Crippen molar-refractivity contribution in [2.24, 2.45) is 0 Å². The van der Waals surface area contributed by atoms with Gasteiger partial charge in [0.1, 0.15) is 0 Å². The van der Waals surface area contributed by atoms with Gasteiger partial charge in [-0.1, -0.05) is 18.2 Å². The first kappa shape index (κ1) is 14.2. The van der Waals surface area contributed by atoms with Crippen LogP contribution in [0.4, 0.5) is 0 Å². The van der Waals surface area contributed by atoms with Crippen LogP contribution in [-0.4, -0.2) is 26.3 Å². The molecule has 1 heterocycles. The fraction of sp³-hybridized carbons (Fsp3) is 0.167. The molecule has 3 rings (SSSR count). The molecule has 0 aliphatic rings. The summed E-state index contributed by atoms with van der Waals surface area (Å²) in [6, 6.07) is 13.9. The number of hydrogen-bond acceptors (Lipinski definition) is 4. The molecule has 0 aliphatic heterocycles. The largest absolute Gasteiger partial charge is 0.493 e. The number of nitrogens with zero attached hydrogens (tertiary/aromatic N) is 1. The molecule has 0 bridgehead atoms. The van der Waals surface area contributed by atoms with Crippen molar-refractivity contribution in [3.05, 3.63) is 48.7 Å². The van der Waals surface area contributed by atoms with Crippen molar-refractivity contribution < 1.29 is 14.2 Å². The number of methoxy groups -OCH3 is 3. The van der Waals surface area contributed by atoms with Crippen LogP contribution >= 0.6 is 0 Å². The van der Waals surface area contributed by atoms with Gasteiger partial charge in [-0.15, -0.1) is 0 Å². The molecule has 0 unspecified atom stereocenters. The van der Waals surface area contributed by atoms with E-state index in [1.54, 1.807) is 27.5 Å². The number of fused-ring (bicyclic) bond motifs is 1. The van der Waals surface area contributed by atoms with Gasteiger partial charge >= 0.3 is 0 Å². The van der Waals surface area contributed by atoms with Crippen molar-refractivity contribution in [2.45, 2.75) is 0 Å². The Balaban J connectivity index is 2.31. The molecule has 0 aliphatic carbocycles. The van der Waals surface area contributed by atoms with E-state index in [4.69, 9.17) is 14.2 Å². The third-order valence-corrected chi connectivity index (χ3v) is 3.64. The molecule has 112 valence electrons. The lowest BCUT2D eigenvalue weighted by atomic mass is 10.00. The van der Waals surface area contributed by atoms with E-state index in [1.807, 2.05) is 42.5 Å². The lowest BCUT2D eigenvalue weighted by Gasteiger charge is -2.16. The summed E-state index contributed by atoms with van der Waals surface area (Å²) in [5.74, 6) is 1.88. The van der Waals surface area contributed by atoms with Gasteiger partial charge in [0.05, 0.1) is 26.8 Å². The van der Waals surface area contributed by atoms with Crippen LogP contribution in [-0.2, 0) is 0 Å². The van der Waals surface area contributed by atoms with Crippen molar-refractivity contribution >= 4 is 10.9 Å². The van der Waals surface area contributed by atoms with Crippen molar-refractivity contribution in [3.8, 4) is 28.4 Å². The van der Waals surface area contributed by atoms with Gasteiger partial charge in [0.2, 0.25) is 5.75 Å². The standard InChI is InChI=1S/C18H17NO3/c1-20-16-9-8-14(17(21-2)18(16)22-3)12-10-11-19-15-7-5-4-6-13(12)15/h4-11H,1-3H3. The summed E-state index contributed by atoms with van der Waals surface area (Å²) in [6.07, 6.45) is 1.80. The predicted molar refractivity (Wildman–Crippen MR) is 86.8 cm³/mol. The molecule has 0 saturated carbocycles. The van der Waals surface area contributed by atoms with E-state index in [0.717, 1.165) is 22.0 Å². The second-order valence-corrected chi connectivity index (χ2v) is 4.76. The average Bonchev–Trinajstić information content (AvgIpc) is 2.59. The Hall–Kier alpha value is -2.75. The van der Waals surface area contributed by atoms with E-state index in [2.05, 4.69) is 4.98 Å². The molecule has 1 aromatic heterocycles. The Morgan fingerprint density at radius 3 is 2.23 bits per heavy atom. The predicted octanol–water partition coefficient (Wildman–Crippen LogP) is 3.93. The first-order valence-electron chi connectivity index (χ1n) is 6.93. The molecule has 4 heteroatoms. The minimum Gasteiger partial charge on any atom is -0.493 e. The summed E-state index contributed by atoms with van der Waals surface area (Å²) >= 11 is 0. The molecule has 0 saturated heterocycles. The molecule has 0 N–H and O–H groups in total. The minimum absolute atomic E-state index is 0.586. The summed E-state index contributed by atoms with van der Waals surface area (Å²) in [4.78, 5) is 4.40. The average molecular weight is 295 g/mol. The summed E-state index contributed by atoms with van der Waals surface area (Å²) in [5.41, 5.74) is 2.93. The van der Waals surface area contributed by atoms with Crippen molar-refractivity contribution in [2.75, 3.05) is 21.3 Å². The van der Waals surface area contributed by atoms with Crippen LogP contribution in [0.15, 0.2) is 48.7 Å². The monoisotopic (exact) mass is 295 g/mol. The maximum absolute atomic E-state index is 5.59. The van der Waals surface area contributed by atoms with E-state index in [1.165, 1.54) is 0 Å². The maximum atomic E-state index is 5.59. The van der Waals surface area contributed by atoms with Crippen LogP contribution in [0.2, 0.25) is 0 Å². The second-order valence-electron chi connectivity index (χ2n) is 4.76. The van der Waals surface area contributed by atoms with Crippen LogP contribution in [0.25, 0.3) is 22.0 Å². The number of pyridine rings is 1. The third-order valence-electron chi connectivity index (χ3n) is 3.64. The second kappa shape index (κ2) is 5.93. The zero-order valence-electron chi connectivity index (χ0n) is 12.8. The SMILES string of the molecule is COc1ccc(-c2ccnc3ccccc23)c(OC)c1OC. The summed E-state index contributed by atoms with van der Waals surface area (Å²) in [5, 5.41) is 1.07. The van der Waals surface area contributed by atoms with Gasteiger partial charge in [-0.25, -0.2) is 0 Å². The molecule has 0 amide bonds. The molecular weight excluding hydrogens is 278 g/mol. The first-order chi connectivity index (χ1) is 10.8. The van der Waals surface area contributed by atoms with Crippen LogP contribution in [0.5, 0.6) is 17.2 Å². The van der Waals surface area contributed by atoms with Gasteiger partial charge in [-0.3, -0.25) is 4.98 Å². The Morgan fingerprint density at radius 1 is 0.727 bits per heavy atom. The Kier molecular flexibility index (Phi) is 3.83. The van der Waals surface area contributed by atoms with E-state index in [9.17, 15) is 0 Å². The summed E-state index contributed by atoms with van der Waals surface area (Å²) in [7, 11) is 4.85. The van der Waals surface area contributed by atoms with E-state index < -0.39 is 0 Å². The fourth-order valence-corrected chi connectivity index (χ4v) is 2.64. The zero-order valence-corrected chi connectivity index (χ0v) is 12.8. The molecule has 0 radical (unpaired) electrons. The van der Waals surface area contributed by atoms with Crippen LogP contribution in [0.1, 0.15) is 0 Å². The maximum Gasteiger partial charge on any atom is 0.203 e. The zero-order chi connectivity index (χ0) is 15.5. The summed E-state index contributed by atoms with van der Waals surface area (Å²) in [6.45, 7) is 0. The van der Waals surface area contributed by atoms with Crippen molar-refractivity contribution in [3.63, 3.8) is 0 Å². The van der Waals surface area contributed by atoms with Gasteiger partial charge in [0.25, 0.3) is 0 Å². The van der Waals surface area contributed by atoms with E-state index in [0.29, 0.717) is 17.2 Å². The van der Waals surface area contributed by atoms with Crippen LogP contribution in [0, 0.1) is 0 Å². The normalized spacial score (nSPS) is 10.5. The van der Waals surface area contributed by atoms with Crippen LogP contribution < -0.4 is 14.2 Å².